The second-order valence-corrected chi connectivity index (χ2v) is 5.25. The number of fused-ring (bicyclic) bond motifs is 1. The zero-order chi connectivity index (χ0) is 18.8. The van der Waals surface area contributed by atoms with Crippen LogP contribution in [0.2, 0.25) is 0 Å². The monoisotopic (exact) mass is 334 g/mol. The number of hydrogen-bond acceptors (Lipinski definition) is 2. The van der Waals surface area contributed by atoms with Crippen LogP contribution < -0.4 is 5.32 Å². The topological polar surface area (TPSA) is 35.9 Å². The van der Waals surface area contributed by atoms with Crippen LogP contribution in [-0.4, -0.2) is 12.9 Å². The maximum atomic E-state index is 14.4. The first-order chi connectivity index (χ1) is 11.5. The van der Waals surface area contributed by atoms with Gasteiger partial charge in [0.1, 0.15) is 5.82 Å². The van der Waals surface area contributed by atoms with Crippen LogP contribution in [0.5, 0.6) is 0 Å². The van der Waals surface area contributed by atoms with Gasteiger partial charge in [-0.3, -0.25) is 4.39 Å². The van der Waals surface area contributed by atoms with Gasteiger partial charge in [-0.1, -0.05) is 44.7 Å². The fraction of sp³-hybridized carbons (Fsp3) is 0.350. The smallest absolute Gasteiger partial charge is 0.133 e. The zero-order valence-corrected chi connectivity index (χ0v) is 15.2. The van der Waals surface area contributed by atoms with E-state index in [1.807, 2.05) is 45.9 Å². The normalized spacial score (nSPS) is 21.2. The Labute approximate surface area is 144 Å². The third-order valence-corrected chi connectivity index (χ3v) is 3.56. The second kappa shape index (κ2) is 10.5. The molecule has 2 nitrogen and oxygen atoms in total. The largest absolute Gasteiger partial charge is 0.382 e. The molecule has 4 heteroatoms. The molecule has 1 aromatic rings. The molecule has 1 atom stereocenters. The van der Waals surface area contributed by atoms with Crippen molar-refractivity contribution in [2.75, 3.05) is 7.18 Å². The summed E-state index contributed by atoms with van der Waals surface area (Å²) in [6, 6.07) is 3.41. The highest BCUT2D eigenvalue weighted by Crippen LogP contribution is 2.32. The number of allylic oxidation sites excluding steroid dienone is 3. The van der Waals surface area contributed by atoms with Crippen molar-refractivity contribution in [3.05, 3.63) is 71.7 Å². The van der Waals surface area contributed by atoms with E-state index in [0.717, 1.165) is 11.1 Å². The van der Waals surface area contributed by atoms with Gasteiger partial charge in [0.05, 0.1) is 18.4 Å². The Kier molecular flexibility index (Phi) is 9.55. The lowest BCUT2D eigenvalue weighted by Gasteiger charge is -2.32. The van der Waals surface area contributed by atoms with Crippen LogP contribution in [0.3, 0.4) is 0 Å². The SMILES string of the molecule is C=CN[C@]1(C)C/C=C\C=C/C(=N)c2c(F)cc(C)cc21.CC.CF. The molecule has 0 bridgehead atoms. The number of nitrogens with one attached hydrogen (secondary N) is 2. The first kappa shape index (κ1) is 21.8. The van der Waals surface area contributed by atoms with Crippen molar-refractivity contribution >= 4 is 5.71 Å². The molecule has 0 unspecified atom stereocenters. The molecule has 0 saturated heterocycles. The van der Waals surface area contributed by atoms with Gasteiger partial charge in [0, 0.05) is 5.56 Å². The maximum Gasteiger partial charge on any atom is 0.133 e. The lowest BCUT2D eigenvalue weighted by molar-refractivity contribution is 0.420. The number of alkyl halides is 1. The lowest BCUT2D eigenvalue weighted by Crippen LogP contribution is -2.37. The molecular formula is C20H28F2N2. The fourth-order valence-corrected chi connectivity index (χ4v) is 2.54. The molecule has 1 aliphatic rings. The Balaban J connectivity index is 0.00000123. The molecule has 2 rings (SSSR count). The Morgan fingerprint density at radius 1 is 1.25 bits per heavy atom. The van der Waals surface area contributed by atoms with Crippen molar-refractivity contribution in [3.8, 4) is 0 Å². The predicted molar refractivity (Wildman–Crippen MR) is 99.9 cm³/mol. The first-order valence-electron chi connectivity index (χ1n) is 7.97. The number of hydrogen-bond donors (Lipinski definition) is 2. The van der Waals surface area contributed by atoms with E-state index in [9.17, 15) is 8.78 Å². The summed E-state index contributed by atoms with van der Waals surface area (Å²) >= 11 is 0. The van der Waals surface area contributed by atoms with E-state index in [1.54, 1.807) is 18.4 Å². The highest BCUT2D eigenvalue weighted by molar-refractivity contribution is 6.08. The van der Waals surface area contributed by atoms with Crippen LogP contribution in [0, 0.1) is 18.2 Å². The van der Waals surface area contributed by atoms with Crippen LogP contribution in [0.25, 0.3) is 0 Å². The Morgan fingerprint density at radius 2 is 1.88 bits per heavy atom. The number of rotatable bonds is 2. The van der Waals surface area contributed by atoms with Crippen LogP contribution in [0.15, 0.2) is 49.2 Å². The molecule has 1 aromatic carbocycles. The van der Waals surface area contributed by atoms with E-state index in [0.29, 0.717) is 19.2 Å². The molecule has 0 radical (unpaired) electrons. The minimum atomic E-state index is -0.487. The third-order valence-electron chi connectivity index (χ3n) is 3.56. The van der Waals surface area contributed by atoms with Gasteiger partial charge < -0.3 is 10.7 Å². The zero-order valence-electron chi connectivity index (χ0n) is 15.2. The van der Waals surface area contributed by atoms with E-state index in [-0.39, 0.29) is 11.5 Å². The minimum Gasteiger partial charge on any atom is -0.382 e. The van der Waals surface area contributed by atoms with Crippen molar-refractivity contribution in [2.24, 2.45) is 0 Å². The van der Waals surface area contributed by atoms with Gasteiger partial charge in [0.15, 0.2) is 0 Å². The van der Waals surface area contributed by atoms with Crippen LogP contribution >= 0.6 is 0 Å². The Morgan fingerprint density at radius 3 is 2.46 bits per heavy atom. The molecule has 1 aliphatic carbocycles. The quantitative estimate of drug-likeness (QED) is 0.728. The van der Waals surface area contributed by atoms with Crippen molar-refractivity contribution < 1.29 is 8.78 Å². The minimum absolute atomic E-state index is 0.182. The van der Waals surface area contributed by atoms with E-state index < -0.39 is 5.54 Å². The Hall–Kier alpha value is -2.23. The molecule has 0 spiro atoms. The molecule has 0 saturated carbocycles. The summed E-state index contributed by atoms with van der Waals surface area (Å²) in [5.74, 6) is -0.353. The van der Waals surface area contributed by atoms with Crippen LogP contribution in [-0.2, 0) is 5.54 Å². The molecule has 0 amide bonds. The molecule has 132 valence electrons. The maximum absolute atomic E-state index is 14.4. The van der Waals surface area contributed by atoms with Gasteiger partial charge in [-0.05, 0) is 49.7 Å². The number of benzene rings is 1. The molecule has 2 N–H and O–H groups in total. The van der Waals surface area contributed by atoms with E-state index in [1.165, 1.54) is 6.07 Å². The van der Waals surface area contributed by atoms with Gasteiger partial charge in [0.25, 0.3) is 0 Å². The third kappa shape index (κ3) is 5.15. The van der Waals surface area contributed by atoms with Crippen LogP contribution in [0.1, 0.15) is 43.9 Å². The first-order valence-corrected chi connectivity index (χ1v) is 7.97. The standard InChI is InChI=1S/C17H19FN2.C2H6.CH3F/c1-4-20-17(3)9-7-5-6-8-15(19)16-13(17)10-12(2)11-14(16)18;2*1-2/h4-8,10-11,19-20H,1,9H2,2-3H3;1-2H3;1H3/b7-5-,8-6-,19-15?;;/t17-;;/m1../s1. The van der Waals surface area contributed by atoms with Gasteiger partial charge in [-0.25, -0.2) is 4.39 Å². The van der Waals surface area contributed by atoms with Crippen molar-refractivity contribution in [1.82, 2.24) is 5.32 Å². The molecule has 0 aromatic heterocycles. The fourth-order valence-electron chi connectivity index (χ4n) is 2.54. The summed E-state index contributed by atoms with van der Waals surface area (Å²) < 4.78 is 23.9. The summed E-state index contributed by atoms with van der Waals surface area (Å²) in [4.78, 5) is 0. The highest BCUT2D eigenvalue weighted by Gasteiger charge is 2.29. The molecule has 0 heterocycles. The predicted octanol–water partition coefficient (Wildman–Crippen LogP) is 5.58. The Bertz CT molecular complexity index is 618. The summed E-state index contributed by atoms with van der Waals surface area (Å²) in [7, 11) is 0.500. The van der Waals surface area contributed by atoms with Gasteiger partial charge in [-0.15, -0.1) is 0 Å². The second-order valence-electron chi connectivity index (χ2n) is 5.25. The summed E-state index contributed by atoms with van der Waals surface area (Å²) in [6.07, 6.45) is 9.58. The van der Waals surface area contributed by atoms with Crippen molar-refractivity contribution in [3.63, 3.8) is 0 Å². The van der Waals surface area contributed by atoms with E-state index in [2.05, 4.69) is 11.9 Å². The van der Waals surface area contributed by atoms with E-state index >= 15 is 0 Å². The number of aryl methyl sites for hydroxylation is 1. The van der Waals surface area contributed by atoms with Crippen molar-refractivity contribution in [2.45, 2.75) is 39.7 Å². The van der Waals surface area contributed by atoms with Crippen LogP contribution in [0.4, 0.5) is 8.78 Å². The average Bonchev–Trinajstić information content (AvgIpc) is 2.62. The summed E-state index contributed by atoms with van der Waals surface area (Å²) in [5.41, 5.74) is 1.68. The van der Waals surface area contributed by atoms with Gasteiger partial charge in [0.2, 0.25) is 0 Å². The van der Waals surface area contributed by atoms with Gasteiger partial charge >= 0.3 is 0 Å². The summed E-state index contributed by atoms with van der Waals surface area (Å²) in [5, 5.41) is 11.3. The molecular weight excluding hydrogens is 306 g/mol. The molecule has 0 aliphatic heterocycles. The summed E-state index contributed by atoms with van der Waals surface area (Å²) in [6.45, 7) is 11.6. The average molecular weight is 334 g/mol. The van der Waals surface area contributed by atoms with Crippen molar-refractivity contribution in [1.29, 1.82) is 5.41 Å². The molecule has 0 fully saturated rings. The lowest BCUT2D eigenvalue weighted by atomic mass is 9.83. The van der Waals surface area contributed by atoms with E-state index in [4.69, 9.17) is 5.41 Å². The number of halogens is 2. The highest BCUT2D eigenvalue weighted by atomic mass is 19.1. The molecule has 24 heavy (non-hydrogen) atoms. The van der Waals surface area contributed by atoms with Gasteiger partial charge in [-0.2, -0.15) is 0 Å².